The predicted octanol–water partition coefficient (Wildman–Crippen LogP) is 5.27. The van der Waals surface area contributed by atoms with Crippen molar-refractivity contribution in [2.75, 3.05) is 0 Å². The fourth-order valence-electron chi connectivity index (χ4n) is 2.67. The van der Waals surface area contributed by atoms with E-state index in [1.54, 1.807) is 0 Å². The number of fused-ring (bicyclic) bond motifs is 1. The van der Waals surface area contributed by atoms with E-state index >= 15 is 0 Å². The standard InChI is InChI=1S/C20H28O2S2/c1-13-9-11-16-15(17(13)23(21)19(3,4)5)12-10-14(2)18(16)24(22)20(6,7)8/h9-12H,1-8H3/t23-,24-/m1/s1. The average Bonchev–Trinajstić information content (AvgIpc) is 2.44. The molecule has 0 unspecified atom stereocenters. The zero-order valence-electron chi connectivity index (χ0n) is 15.9. The van der Waals surface area contributed by atoms with E-state index in [-0.39, 0.29) is 9.49 Å². The molecule has 2 nitrogen and oxygen atoms in total. The quantitative estimate of drug-likeness (QED) is 0.727. The SMILES string of the molecule is Cc1ccc2c([S@@](=O)C(C)(C)C)c(C)ccc2c1[S@@](=O)C(C)(C)C. The van der Waals surface area contributed by atoms with Crippen molar-refractivity contribution in [3.8, 4) is 0 Å². The van der Waals surface area contributed by atoms with Crippen LogP contribution in [0, 0.1) is 13.8 Å². The van der Waals surface area contributed by atoms with Gasteiger partial charge in [0.1, 0.15) is 0 Å². The lowest BCUT2D eigenvalue weighted by atomic mass is 10.0. The number of hydrogen-bond donors (Lipinski definition) is 0. The van der Waals surface area contributed by atoms with Crippen LogP contribution < -0.4 is 0 Å². The molecule has 0 heterocycles. The normalized spacial score (nSPS) is 15.5. The number of aryl methyl sites for hydroxylation is 2. The van der Waals surface area contributed by atoms with Crippen molar-refractivity contribution in [1.82, 2.24) is 0 Å². The van der Waals surface area contributed by atoms with Gasteiger partial charge in [0.2, 0.25) is 0 Å². The Bertz CT molecular complexity index is 766. The van der Waals surface area contributed by atoms with Crippen molar-refractivity contribution >= 4 is 32.4 Å². The van der Waals surface area contributed by atoms with Crippen LogP contribution in [0.2, 0.25) is 0 Å². The highest BCUT2D eigenvalue weighted by Gasteiger charge is 2.28. The summed E-state index contributed by atoms with van der Waals surface area (Å²) in [6.45, 7) is 15.9. The molecule has 4 heteroatoms. The van der Waals surface area contributed by atoms with Crippen LogP contribution in [0.4, 0.5) is 0 Å². The lowest BCUT2D eigenvalue weighted by Gasteiger charge is -2.24. The maximum Gasteiger partial charge on any atom is 0.0592 e. The summed E-state index contributed by atoms with van der Waals surface area (Å²) in [5, 5.41) is 1.92. The first-order chi connectivity index (χ1) is 10.9. The Kier molecular flexibility index (Phi) is 5.14. The highest BCUT2D eigenvalue weighted by molar-refractivity contribution is 7.87. The summed E-state index contributed by atoms with van der Waals surface area (Å²) in [5.41, 5.74) is 2.04. The molecule has 0 bridgehead atoms. The summed E-state index contributed by atoms with van der Waals surface area (Å²) in [6.07, 6.45) is 0. The molecule has 0 aromatic heterocycles. The van der Waals surface area contributed by atoms with Gasteiger partial charge in [-0.2, -0.15) is 0 Å². The van der Waals surface area contributed by atoms with Crippen LogP contribution >= 0.6 is 0 Å². The Labute approximate surface area is 151 Å². The van der Waals surface area contributed by atoms with Gasteiger partial charge in [-0.05, 0) is 77.3 Å². The highest BCUT2D eigenvalue weighted by Crippen LogP contribution is 2.36. The Hall–Kier alpha value is -1.00. The smallest absolute Gasteiger partial charge is 0.0592 e. The first kappa shape index (κ1) is 19.3. The second kappa shape index (κ2) is 6.38. The zero-order chi connectivity index (χ0) is 18.4. The van der Waals surface area contributed by atoms with Gasteiger partial charge in [-0.25, -0.2) is 0 Å². The predicted molar refractivity (Wildman–Crippen MR) is 106 cm³/mol. The molecular formula is C20H28O2S2. The van der Waals surface area contributed by atoms with E-state index < -0.39 is 21.6 Å². The third kappa shape index (κ3) is 3.50. The third-order valence-electron chi connectivity index (χ3n) is 3.98. The van der Waals surface area contributed by atoms with Crippen LogP contribution in [0.3, 0.4) is 0 Å². The molecule has 0 radical (unpaired) electrons. The van der Waals surface area contributed by atoms with Gasteiger partial charge in [0, 0.05) is 9.49 Å². The average molecular weight is 365 g/mol. The molecule has 2 aromatic carbocycles. The van der Waals surface area contributed by atoms with Gasteiger partial charge in [-0.1, -0.05) is 24.3 Å². The minimum absolute atomic E-state index is 0.340. The second-order valence-corrected chi connectivity index (χ2v) is 12.6. The lowest BCUT2D eigenvalue weighted by Crippen LogP contribution is -2.24. The lowest BCUT2D eigenvalue weighted by molar-refractivity contribution is 0.648. The molecule has 0 saturated carbocycles. The molecule has 2 aromatic rings. The Morgan fingerprint density at radius 1 is 0.625 bits per heavy atom. The van der Waals surface area contributed by atoms with Crippen molar-refractivity contribution < 1.29 is 8.42 Å². The molecule has 0 aliphatic rings. The third-order valence-corrected chi connectivity index (χ3v) is 8.03. The van der Waals surface area contributed by atoms with Crippen molar-refractivity contribution in [2.24, 2.45) is 0 Å². The van der Waals surface area contributed by atoms with Crippen LogP contribution in [0.25, 0.3) is 10.8 Å². The molecular weight excluding hydrogens is 336 g/mol. The van der Waals surface area contributed by atoms with Gasteiger partial charge in [-0.15, -0.1) is 0 Å². The van der Waals surface area contributed by atoms with E-state index in [1.807, 2.05) is 79.7 Å². The molecule has 0 aliphatic heterocycles. The molecule has 0 fully saturated rings. The van der Waals surface area contributed by atoms with Gasteiger partial charge in [0.05, 0.1) is 31.4 Å². The molecule has 0 saturated heterocycles. The molecule has 2 atom stereocenters. The molecule has 132 valence electrons. The number of hydrogen-bond acceptors (Lipinski definition) is 2. The van der Waals surface area contributed by atoms with Crippen LogP contribution in [0.15, 0.2) is 34.1 Å². The van der Waals surface area contributed by atoms with E-state index in [0.29, 0.717) is 0 Å². The van der Waals surface area contributed by atoms with Crippen LogP contribution in [-0.2, 0) is 21.6 Å². The van der Waals surface area contributed by atoms with Gasteiger partial charge < -0.3 is 0 Å². The van der Waals surface area contributed by atoms with Crippen molar-refractivity contribution in [1.29, 1.82) is 0 Å². The monoisotopic (exact) mass is 364 g/mol. The fraction of sp³-hybridized carbons (Fsp3) is 0.500. The molecule has 0 spiro atoms. The second-order valence-electron chi connectivity index (χ2n) is 8.28. The molecule has 0 amide bonds. The van der Waals surface area contributed by atoms with Crippen LogP contribution in [0.1, 0.15) is 52.7 Å². The van der Waals surface area contributed by atoms with Gasteiger partial charge in [0.15, 0.2) is 0 Å². The number of rotatable bonds is 2. The Morgan fingerprint density at radius 2 is 0.917 bits per heavy atom. The van der Waals surface area contributed by atoms with Gasteiger partial charge >= 0.3 is 0 Å². The van der Waals surface area contributed by atoms with Crippen LogP contribution in [0.5, 0.6) is 0 Å². The maximum atomic E-state index is 13.1. The first-order valence-electron chi connectivity index (χ1n) is 8.22. The molecule has 2 rings (SSSR count). The summed E-state index contributed by atoms with van der Waals surface area (Å²) in [7, 11) is -2.27. The van der Waals surface area contributed by atoms with E-state index in [2.05, 4.69) is 0 Å². The van der Waals surface area contributed by atoms with E-state index in [9.17, 15) is 8.42 Å². The maximum absolute atomic E-state index is 13.1. The molecule has 0 N–H and O–H groups in total. The fourth-order valence-corrected chi connectivity index (χ4v) is 5.37. The van der Waals surface area contributed by atoms with Crippen molar-refractivity contribution in [3.05, 3.63) is 35.4 Å². The summed E-state index contributed by atoms with van der Waals surface area (Å²) in [5.74, 6) is 0. The highest BCUT2D eigenvalue weighted by atomic mass is 32.2. The Morgan fingerprint density at radius 3 is 1.17 bits per heavy atom. The molecule has 0 aliphatic carbocycles. The topological polar surface area (TPSA) is 34.1 Å². The first-order valence-corrected chi connectivity index (χ1v) is 10.5. The minimum Gasteiger partial charge on any atom is -0.254 e. The minimum atomic E-state index is -1.14. The molecule has 24 heavy (non-hydrogen) atoms. The Balaban J connectivity index is 2.89. The van der Waals surface area contributed by atoms with E-state index in [1.165, 1.54) is 0 Å². The van der Waals surface area contributed by atoms with Crippen LogP contribution in [-0.4, -0.2) is 17.9 Å². The van der Waals surface area contributed by atoms with Gasteiger partial charge in [0.25, 0.3) is 0 Å². The van der Waals surface area contributed by atoms with E-state index in [0.717, 1.165) is 31.7 Å². The van der Waals surface area contributed by atoms with Gasteiger partial charge in [-0.3, -0.25) is 8.42 Å². The number of benzene rings is 2. The summed E-state index contributed by atoms with van der Waals surface area (Å²) in [6, 6.07) is 8.06. The van der Waals surface area contributed by atoms with E-state index in [4.69, 9.17) is 0 Å². The summed E-state index contributed by atoms with van der Waals surface area (Å²) in [4.78, 5) is 1.74. The summed E-state index contributed by atoms with van der Waals surface area (Å²) < 4.78 is 25.5. The summed E-state index contributed by atoms with van der Waals surface area (Å²) >= 11 is 0. The van der Waals surface area contributed by atoms with Crippen molar-refractivity contribution in [2.45, 2.75) is 74.7 Å². The largest absolute Gasteiger partial charge is 0.254 e. The zero-order valence-corrected chi connectivity index (χ0v) is 17.6. The van der Waals surface area contributed by atoms with Crippen molar-refractivity contribution in [3.63, 3.8) is 0 Å².